The number of nitrogens with zero attached hydrogens (tertiary/aromatic N) is 1. The lowest BCUT2D eigenvalue weighted by molar-refractivity contribution is -0.120. The Morgan fingerprint density at radius 3 is 2.41 bits per heavy atom. The molecule has 1 heterocycles. The fraction of sp³-hybridized carbons (Fsp3) is 0.333. The van der Waals surface area contributed by atoms with Crippen molar-refractivity contribution in [1.82, 2.24) is 10.3 Å². The SMILES string of the molecule is COc1cc2c(c(OC)c1OC)-c1ccc(N[C@@H](C(=O)Nc3nc4ccccc4s3)C(C)C)c(=O)cc1[C@@H](NC(C)=O)CC2. The van der Waals surface area contributed by atoms with E-state index < -0.39 is 12.1 Å². The summed E-state index contributed by atoms with van der Waals surface area (Å²) in [7, 11) is 4.66. The van der Waals surface area contributed by atoms with Crippen molar-refractivity contribution >= 4 is 44.2 Å². The van der Waals surface area contributed by atoms with Crippen LogP contribution in [0.1, 0.15) is 44.4 Å². The molecule has 11 heteroatoms. The van der Waals surface area contributed by atoms with E-state index in [1.165, 1.54) is 24.3 Å². The van der Waals surface area contributed by atoms with Crippen molar-refractivity contribution in [3.05, 3.63) is 69.9 Å². The van der Waals surface area contributed by atoms with Gasteiger partial charge in [-0.05, 0) is 65.8 Å². The van der Waals surface area contributed by atoms with Crippen LogP contribution in [-0.2, 0) is 16.0 Å². The Hall–Kier alpha value is -4.64. The minimum atomic E-state index is -0.728. The molecule has 1 aliphatic rings. The Morgan fingerprint density at radius 2 is 1.75 bits per heavy atom. The molecular weight excluding hydrogens is 580 g/mol. The Kier molecular flexibility index (Phi) is 9.05. The third-order valence-electron chi connectivity index (χ3n) is 7.70. The van der Waals surface area contributed by atoms with Gasteiger partial charge in [0.1, 0.15) is 6.04 Å². The number of rotatable bonds is 9. The van der Waals surface area contributed by atoms with Gasteiger partial charge in [-0.15, -0.1) is 0 Å². The van der Waals surface area contributed by atoms with Gasteiger partial charge in [0.15, 0.2) is 16.6 Å². The molecule has 3 N–H and O–H groups in total. The van der Waals surface area contributed by atoms with Gasteiger partial charge in [-0.2, -0.15) is 0 Å². The second-order valence-electron chi connectivity index (χ2n) is 10.9. The van der Waals surface area contributed by atoms with Crippen molar-refractivity contribution in [3.63, 3.8) is 0 Å². The summed E-state index contributed by atoms with van der Waals surface area (Å²) in [5.41, 5.74) is 3.77. The molecule has 5 rings (SSSR count). The van der Waals surface area contributed by atoms with Gasteiger partial charge >= 0.3 is 0 Å². The van der Waals surface area contributed by atoms with Crippen molar-refractivity contribution in [1.29, 1.82) is 0 Å². The molecule has 0 bridgehead atoms. The molecule has 44 heavy (non-hydrogen) atoms. The largest absolute Gasteiger partial charge is 0.493 e. The number of methoxy groups -OCH3 is 3. The highest BCUT2D eigenvalue weighted by Gasteiger charge is 2.30. The molecule has 0 saturated heterocycles. The number of amides is 2. The Bertz CT molecular complexity index is 1750. The summed E-state index contributed by atoms with van der Waals surface area (Å²) in [5, 5.41) is 9.62. The fourth-order valence-corrected chi connectivity index (χ4v) is 6.51. The third kappa shape index (κ3) is 6.05. The number of fused-ring (bicyclic) bond motifs is 4. The zero-order valence-electron chi connectivity index (χ0n) is 25.6. The highest BCUT2D eigenvalue weighted by atomic mass is 32.1. The van der Waals surface area contributed by atoms with Crippen molar-refractivity contribution in [2.75, 3.05) is 32.0 Å². The van der Waals surface area contributed by atoms with Crippen molar-refractivity contribution in [2.24, 2.45) is 5.92 Å². The van der Waals surface area contributed by atoms with Crippen LogP contribution in [0.5, 0.6) is 17.2 Å². The Balaban J connectivity index is 1.59. The average Bonchev–Trinajstić information content (AvgIpc) is 3.26. The minimum Gasteiger partial charge on any atom is -0.493 e. The summed E-state index contributed by atoms with van der Waals surface area (Å²) in [6, 6.07) is 13.4. The second kappa shape index (κ2) is 12.9. The molecule has 10 nitrogen and oxygen atoms in total. The van der Waals surface area contributed by atoms with Crippen LogP contribution in [0.15, 0.2) is 53.3 Å². The summed E-state index contributed by atoms with van der Waals surface area (Å²) < 4.78 is 18.1. The van der Waals surface area contributed by atoms with E-state index in [1.807, 2.05) is 50.2 Å². The maximum absolute atomic E-state index is 13.8. The lowest BCUT2D eigenvalue weighted by Crippen LogP contribution is -2.39. The zero-order chi connectivity index (χ0) is 31.5. The van der Waals surface area contributed by atoms with Gasteiger partial charge in [0, 0.05) is 12.5 Å². The summed E-state index contributed by atoms with van der Waals surface area (Å²) in [5.74, 6) is 0.751. The summed E-state index contributed by atoms with van der Waals surface area (Å²) in [6.07, 6.45) is 1.14. The predicted octanol–water partition coefficient (Wildman–Crippen LogP) is 5.55. The summed E-state index contributed by atoms with van der Waals surface area (Å²) in [4.78, 5) is 44.0. The van der Waals surface area contributed by atoms with E-state index in [0.717, 1.165) is 21.3 Å². The smallest absolute Gasteiger partial charge is 0.248 e. The number of ether oxygens (including phenoxy) is 3. The molecule has 0 radical (unpaired) electrons. The topological polar surface area (TPSA) is 128 Å². The molecule has 0 spiro atoms. The van der Waals surface area contributed by atoms with E-state index >= 15 is 0 Å². The number of hydrogen-bond acceptors (Lipinski definition) is 9. The fourth-order valence-electron chi connectivity index (χ4n) is 5.64. The molecular formula is C33H36N4O6S. The number of benzene rings is 2. The van der Waals surface area contributed by atoms with Gasteiger partial charge < -0.3 is 30.2 Å². The molecule has 1 aliphatic carbocycles. The molecule has 1 aromatic heterocycles. The predicted molar refractivity (Wildman–Crippen MR) is 173 cm³/mol. The number of carbonyl (C=O) groups excluding carboxylic acids is 2. The molecule has 3 aromatic carbocycles. The number of aromatic nitrogens is 1. The molecule has 0 fully saturated rings. The number of aryl methyl sites for hydroxylation is 1. The first kappa shape index (κ1) is 30.8. The molecule has 2 amide bonds. The van der Waals surface area contributed by atoms with Crippen LogP contribution in [0, 0.1) is 5.92 Å². The van der Waals surface area contributed by atoms with E-state index in [2.05, 4.69) is 20.9 Å². The quantitative estimate of drug-likeness (QED) is 0.224. The molecule has 0 unspecified atom stereocenters. The molecule has 0 aliphatic heterocycles. The molecule has 0 saturated carbocycles. The highest BCUT2D eigenvalue weighted by Crippen LogP contribution is 2.50. The lowest BCUT2D eigenvalue weighted by atomic mass is 9.95. The summed E-state index contributed by atoms with van der Waals surface area (Å²) in [6.45, 7) is 5.27. The Morgan fingerprint density at radius 1 is 1.00 bits per heavy atom. The number of thiazole rings is 1. The van der Waals surface area contributed by atoms with E-state index in [4.69, 9.17) is 14.2 Å². The number of anilines is 2. The monoisotopic (exact) mass is 616 g/mol. The maximum Gasteiger partial charge on any atom is 0.248 e. The number of carbonyl (C=O) groups is 2. The van der Waals surface area contributed by atoms with Crippen LogP contribution in [-0.4, -0.2) is 44.2 Å². The highest BCUT2D eigenvalue weighted by molar-refractivity contribution is 7.22. The summed E-state index contributed by atoms with van der Waals surface area (Å²) >= 11 is 1.39. The van der Waals surface area contributed by atoms with Gasteiger partial charge in [-0.3, -0.25) is 14.4 Å². The van der Waals surface area contributed by atoms with Crippen LogP contribution in [0.2, 0.25) is 0 Å². The first-order valence-electron chi connectivity index (χ1n) is 14.4. The van der Waals surface area contributed by atoms with E-state index in [0.29, 0.717) is 46.3 Å². The standard InChI is InChI=1S/C33H36N4O6S/c1-17(2)29(32(40)37-33-36-24-9-7-8-10-27(24)44-33)35-23-14-12-20-21(16-25(23)39)22(34-18(3)38)13-11-19-15-26(41-4)30(42-5)31(43-6)28(19)20/h7-10,12,14-17,22,29H,11,13H2,1-6H3,(H,34,38)(H,35,39)(H,36,37,40)/t22-,29+/m0/s1. The normalized spacial score (nSPS) is 14.6. The third-order valence-corrected chi connectivity index (χ3v) is 8.65. The van der Waals surface area contributed by atoms with E-state index in [9.17, 15) is 14.4 Å². The average molecular weight is 617 g/mol. The van der Waals surface area contributed by atoms with Gasteiger partial charge in [-0.25, -0.2) is 4.98 Å². The number of nitrogens with one attached hydrogen (secondary N) is 3. The van der Waals surface area contributed by atoms with Gasteiger partial charge in [0.25, 0.3) is 0 Å². The van der Waals surface area contributed by atoms with Crippen LogP contribution in [0.3, 0.4) is 0 Å². The first-order chi connectivity index (χ1) is 21.1. The number of hydrogen-bond donors (Lipinski definition) is 3. The van der Waals surface area contributed by atoms with Gasteiger partial charge in [-0.1, -0.05) is 43.4 Å². The second-order valence-corrected chi connectivity index (χ2v) is 12.0. The lowest BCUT2D eigenvalue weighted by Gasteiger charge is -2.21. The van der Waals surface area contributed by atoms with Crippen LogP contribution >= 0.6 is 11.3 Å². The van der Waals surface area contributed by atoms with Crippen LogP contribution in [0.25, 0.3) is 21.3 Å². The van der Waals surface area contributed by atoms with Gasteiger partial charge in [0.05, 0.1) is 43.3 Å². The maximum atomic E-state index is 13.8. The van der Waals surface area contributed by atoms with Crippen molar-refractivity contribution < 1.29 is 23.8 Å². The van der Waals surface area contributed by atoms with E-state index in [1.54, 1.807) is 27.4 Å². The van der Waals surface area contributed by atoms with Crippen LogP contribution < -0.4 is 35.6 Å². The van der Waals surface area contributed by atoms with E-state index in [-0.39, 0.29) is 28.8 Å². The molecule has 2 atom stereocenters. The molecule has 230 valence electrons. The number of para-hydroxylation sites is 1. The van der Waals surface area contributed by atoms with Gasteiger partial charge in [0.2, 0.25) is 23.0 Å². The minimum absolute atomic E-state index is 0.156. The van der Waals surface area contributed by atoms with Crippen molar-refractivity contribution in [2.45, 2.75) is 45.7 Å². The Labute approximate surface area is 259 Å². The van der Waals surface area contributed by atoms with Crippen molar-refractivity contribution in [3.8, 4) is 28.4 Å². The zero-order valence-corrected chi connectivity index (χ0v) is 26.4. The first-order valence-corrected chi connectivity index (χ1v) is 15.2. The van der Waals surface area contributed by atoms with Crippen LogP contribution in [0.4, 0.5) is 10.8 Å². The molecule has 4 aromatic rings.